The maximum absolute atomic E-state index is 4.83. The Morgan fingerprint density at radius 2 is 1.95 bits per heavy atom. The smallest absolute Gasteiger partial charge is 0.129 e. The number of anilines is 1. The Hall–Kier alpha value is -1.09. The molecule has 20 heavy (non-hydrogen) atoms. The highest BCUT2D eigenvalue weighted by molar-refractivity contribution is 5.40. The molecule has 0 spiro atoms. The summed E-state index contributed by atoms with van der Waals surface area (Å²) in [7, 11) is 0. The van der Waals surface area contributed by atoms with Crippen LogP contribution in [-0.2, 0) is 6.54 Å². The van der Waals surface area contributed by atoms with Crippen molar-refractivity contribution < 1.29 is 0 Å². The van der Waals surface area contributed by atoms with Crippen LogP contribution < -0.4 is 10.2 Å². The van der Waals surface area contributed by atoms with Crippen molar-refractivity contribution in [2.45, 2.75) is 72.5 Å². The number of nitrogens with one attached hydrogen (secondary N) is 1. The quantitative estimate of drug-likeness (QED) is 0.740. The van der Waals surface area contributed by atoms with Gasteiger partial charge in [-0.25, -0.2) is 4.98 Å². The number of hydrogen-bond acceptors (Lipinski definition) is 3. The fraction of sp³-hybridized carbons (Fsp3) is 0.706. The van der Waals surface area contributed by atoms with Crippen LogP contribution in [-0.4, -0.2) is 23.6 Å². The van der Waals surface area contributed by atoms with Gasteiger partial charge in [0.05, 0.1) is 5.69 Å². The lowest BCUT2D eigenvalue weighted by atomic mass is 10.2. The SMILES string of the molecule is CCCCN(c1cccc(CNC(C)C)n1)C(C)CC. The van der Waals surface area contributed by atoms with E-state index in [9.17, 15) is 0 Å². The fourth-order valence-electron chi connectivity index (χ4n) is 2.14. The number of rotatable bonds is 9. The number of hydrogen-bond donors (Lipinski definition) is 1. The normalized spacial score (nSPS) is 12.7. The molecule has 0 bridgehead atoms. The molecule has 114 valence electrons. The lowest BCUT2D eigenvalue weighted by Gasteiger charge is -2.30. The second-order valence-corrected chi connectivity index (χ2v) is 5.83. The van der Waals surface area contributed by atoms with Crippen molar-refractivity contribution in [1.29, 1.82) is 0 Å². The van der Waals surface area contributed by atoms with Gasteiger partial charge in [-0.05, 0) is 31.9 Å². The van der Waals surface area contributed by atoms with E-state index in [2.05, 4.69) is 63.0 Å². The Kier molecular flexibility index (Phi) is 7.60. The van der Waals surface area contributed by atoms with Gasteiger partial charge in [-0.3, -0.25) is 0 Å². The molecule has 1 aromatic rings. The number of unbranched alkanes of at least 4 members (excludes halogenated alkanes) is 1. The van der Waals surface area contributed by atoms with Gasteiger partial charge in [0, 0.05) is 25.2 Å². The van der Waals surface area contributed by atoms with E-state index in [0.717, 1.165) is 31.0 Å². The molecule has 3 heteroatoms. The van der Waals surface area contributed by atoms with Crippen LogP contribution in [0.2, 0.25) is 0 Å². The van der Waals surface area contributed by atoms with Crippen LogP contribution >= 0.6 is 0 Å². The van der Waals surface area contributed by atoms with Crippen LogP contribution in [0.25, 0.3) is 0 Å². The molecule has 0 aliphatic rings. The van der Waals surface area contributed by atoms with Crippen LogP contribution in [0.3, 0.4) is 0 Å². The minimum Gasteiger partial charge on any atom is -0.354 e. The topological polar surface area (TPSA) is 28.2 Å². The summed E-state index contributed by atoms with van der Waals surface area (Å²) in [5.74, 6) is 1.12. The van der Waals surface area contributed by atoms with E-state index < -0.39 is 0 Å². The average Bonchev–Trinajstić information content (AvgIpc) is 2.45. The fourth-order valence-corrected chi connectivity index (χ4v) is 2.14. The van der Waals surface area contributed by atoms with Gasteiger partial charge in [0.25, 0.3) is 0 Å². The van der Waals surface area contributed by atoms with Crippen molar-refractivity contribution in [1.82, 2.24) is 10.3 Å². The predicted octanol–water partition coefficient (Wildman–Crippen LogP) is 3.98. The highest BCUT2D eigenvalue weighted by atomic mass is 15.2. The molecule has 0 saturated carbocycles. The summed E-state index contributed by atoms with van der Waals surface area (Å²) in [6.45, 7) is 13.0. The third-order valence-corrected chi connectivity index (χ3v) is 3.65. The molecule has 1 heterocycles. The summed E-state index contributed by atoms with van der Waals surface area (Å²) in [6, 6.07) is 7.41. The van der Waals surface area contributed by atoms with Crippen LogP contribution in [0.4, 0.5) is 5.82 Å². The lowest BCUT2D eigenvalue weighted by molar-refractivity contribution is 0.572. The number of aromatic nitrogens is 1. The Bertz CT molecular complexity index is 376. The standard InChI is InChI=1S/C17H31N3/c1-6-8-12-20(15(5)7-2)17-11-9-10-16(19-17)13-18-14(3)4/h9-11,14-15,18H,6-8,12-13H2,1-5H3. The molecule has 0 aliphatic heterocycles. The molecule has 1 N–H and O–H groups in total. The summed E-state index contributed by atoms with van der Waals surface area (Å²) < 4.78 is 0. The minimum atomic E-state index is 0.492. The zero-order chi connectivity index (χ0) is 15.0. The van der Waals surface area contributed by atoms with Crippen LogP contribution in [0.5, 0.6) is 0 Å². The minimum absolute atomic E-state index is 0.492. The molecule has 0 aromatic carbocycles. The zero-order valence-corrected chi connectivity index (χ0v) is 13.8. The number of nitrogens with zero attached hydrogens (tertiary/aromatic N) is 2. The first kappa shape index (κ1) is 17.0. The summed E-state index contributed by atoms with van der Waals surface area (Å²) in [6.07, 6.45) is 3.60. The molecule has 1 aromatic heterocycles. The van der Waals surface area contributed by atoms with Crippen molar-refractivity contribution in [3.05, 3.63) is 23.9 Å². The van der Waals surface area contributed by atoms with Crippen LogP contribution in [0.1, 0.15) is 59.6 Å². The summed E-state index contributed by atoms with van der Waals surface area (Å²) in [5.41, 5.74) is 1.13. The third-order valence-electron chi connectivity index (χ3n) is 3.65. The first-order valence-electron chi connectivity index (χ1n) is 8.04. The van der Waals surface area contributed by atoms with Gasteiger partial charge in [0.15, 0.2) is 0 Å². The second kappa shape index (κ2) is 8.96. The third kappa shape index (κ3) is 5.49. The average molecular weight is 277 g/mol. The molecule has 0 amide bonds. The lowest BCUT2D eigenvalue weighted by Crippen LogP contribution is -2.34. The van der Waals surface area contributed by atoms with Crippen molar-refractivity contribution in [2.75, 3.05) is 11.4 Å². The van der Waals surface area contributed by atoms with Crippen molar-refractivity contribution >= 4 is 5.82 Å². The highest BCUT2D eigenvalue weighted by Crippen LogP contribution is 2.17. The van der Waals surface area contributed by atoms with Crippen molar-refractivity contribution in [3.63, 3.8) is 0 Å². The van der Waals surface area contributed by atoms with Crippen molar-refractivity contribution in [3.8, 4) is 0 Å². The Labute approximate surface area is 124 Å². The zero-order valence-electron chi connectivity index (χ0n) is 13.8. The number of pyridine rings is 1. The highest BCUT2D eigenvalue weighted by Gasteiger charge is 2.14. The van der Waals surface area contributed by atoms with E-state index >= 15 is 0 Å². The Balaban J connectivity index is 2.81. The van der Waals surface area contributed by atoms with E-state index in [1.807, 2.05) is 0 Å². The van der Waals surface area contributed by atoms with Crippen LogP contribution in [0.15, 0.2) is 18.2 Å². The van der Waals surface area contributed by atoms with Gasteiger partial charge in [0.2, 0.25) is 0 Å². The Morgan fingerprint density at radius 3 is 2.55 bits per heavy atom. The molecule has 0 aliphatic carbocycles. The predicted molar refractivity (Wildman–Crippen MR) is 88.2 cm³/mol. The summed E-state index contributed by atoms with van der Waals surface area (Å²) in [5, 5.41) is 3.43. The monoisotopic (exact) mass is 277 g/mol. The molecule has 1 unspecified atom stereocenters. The van der Waals surface area contributed by atoms with Gasteiger partial charge in [-0.1, -0.05) is 40.2 Å². The maximum Gasteiger partial charge on any atom is 0.129 e. The summed E-state index contributed by atoms with van der Waals surface area (Å²) in [4.78, 5) is 7.28. The van der Waals surface area contributed by atoms with Crippen LogP contribution in [0, 0.1) is 0 Å². The van der Waals surface area contributed by atoms with Crippen molar-refractivity contribution in [2.24, 2.45) is 0 Å². The molecule has 1 rings (SSSR count). The van der Waals surface area contributed by atoms with Gasteiger partial charge < -0.3 is 10.2 Å². The summed E-state index contributed by atoms with van der Waals surface area (Å²) >= 11 is 0. The molecule has 0 radical (unpaired) electrons. The molecule has 3 nitrogen and oxygen atoms in total. The van der Waals surface area contributed by atoms with Gasteiger partial charge in [-0.15, -0.1) is 0 Å². The van der Waals surface area contributed by atoms with E-state index in [0.29, 0.717) is 12.1 Å². The van der Waals surface area contributed by atoms with E-state index in [1.165, 1.54) is 12.8 Å². The van der Waals surface area contributed by atoms with Gasteiger partial charge in [0.1, 0.15) is 5.82 Å². The first-order valence-corrected chi connectivity index (χ1v) is 8.04. The first-order chi connectivity index (χ1) is 9.58. The largest absolute Gasteiger partial charge is 0.354 e. The van der Waals surface area contributed by atoms with Gasteiger partial charge >= 0.3 is 0 Å². The molecular weight excluding hydrogens is 246 g/mol. The molecular formula is C17H31N3. The molecule has 1 atom stereocenters. The molecule has 0 fully saturated rings. The van der Waals surface area contributed by atoms with Gasteiger partial charge in [-0.2, -0.15) is 0 Å². The van der Waals surface area contributed by atoms with E-state index in [1.54, 1.807) is 0 Å². The van der Waals surface area contributed by atoms with E-state index in [-0.39, 0.29) is 0 Å². The molecule has 0 saturated heterocycles. The Morgan fingerprint density at radius 1 is 1.20 bits per heavy atom. The second-order valence-electron chi connectivity index (χ2n) is 5.83. The maximum atomic E-state index is 4.83. The van der Waals surface area contributed by atoms with E-state index in [4.69, 9.17) is 4.98 Å².